The van der Waals surface area contributed by atoms with Crippen molar-refractivity contribution in [1.29, 1.82) is 0 Å². The minimum atomic E-state index is -0.300. The van der Waals surface area contributed by atoms with Crippen LogP contribution >= 0.6 is 0 Å². The molecule has 0 bridgehead atoms. The number of carbonyl (C=O) groups is 2. The molecule has 154 valence electrons. The van der Waals surface area contributed by atoms with Crippen LogP contribution in [0.15, 0.2) is 54.7 Å². The van der Waals surface area contributed by atoms with Crippen molar-refractivity contribution in [3.05, 3.63) is 71.8 Å². The Morgan fingerprint density at radius 2 is 1.87 bits per heavy atom. The van der Waals surface area contributed by atoms with E-state index < -0.39 is 0 Å². The standard InChI is InChI=1S/C22H22FN5O2/c23-17-6-4-15(5-7-17)14-25-21(29)16-8-11-28(12-9-16)22(30)20-13-19(26-27-20)18-3-1-2-10-24-18/h1-7,10,13,16H,8-9,11-12,14H2,(H,25,29)(H,26,27). The van der Waals surface area contributed by atoms with Gasteiger partial charge in [-0.15, -0.1) is 0 Å². The van der Waals surface area contributed by atoms with E-state index in [0.29, 0.717) is 49.6 Å². The molecule has 0 spiro atoms. The van der Waals surface area contributed by atoms with Gasteiger partial charge >= 0.3 is 0 Å². The number of hydrogen-bond acceptors (Lipinski definition) is 4. The first-order valence-corrected chi connectivity index (χ1v) is 9.88. The van der Waals surface area contributed by atoms with Crippen molar-refractivity contribution >= 4 is 11.8 Å². The van der Waals surface area contributed by atoms with Crippen LogP contribution in [-0.4, -0.2) is 45.0 Å². The number of carbonyl (C=O) groups excluding carboxylic acids is 2. The van der Waals surface area contributed by atoms with Crippen LogP contribution in [0.1, 0.15) is 28.9 Å². The SMILES string of the molecule is O=C(NCc1ccc(F)cc1)C1CCN(C(=O)c2cc(-c3ccccn3)n[nH]2)CC1. The van der Waals surface area contributed by atoms with Crippen molar-refractivity contribution in [2.24, 2.45) is 5.92 Å². The third-order valence-electron chi connectivity index (χ3n) is 5.27. The van der Waals surface area contributed by atoms with Crippen LogP contribution < -0.4 is 5.32 Å². The number of nitrogens with zero attached hydrogens (tertiary/aromatic N) is 3. The number of aromatic amines is 1. The van der Waals surface area contributed by atoms with Crippen LogP contribution in [0.5, 0.6) is 0 Å². The monoisotopic (exact) mass is 407 g/mol. The molecule has 4 rings (SSSR count). The number of H-pyrrole nitrogens is 1. The van der Waals surface area contributed by atoms with Gasteiger partial charge in [0.15, 0.2) is 0 Å². The Balaban J connectivity index is 1.28. The summed E-state index contributed by atoms with van der Waals surface area (Å²) in [6, 6.07) is 13.3. The van der Waals surface area contributed by atoms with Gasteiger partial charge in [-0.05, 0) is 48.7 Å². The second-order valence-corrected chi connectivity index (χ2v) is 7.29. The van der Waals surface area contributed by atoms with Gasteiger partial charge in [-0.3, -0.25) is 19.7 Å². The molecule has 1 fully saturated rings. The molecular formula is C22H22FN5O2. The molecule has 0 radical (unpaired) electrons. The molecule has 2 amide bonds. The van der Waals surface area contributed by atoms with E-state index >= 15 is 0 Å². The minimum absolute atomic E-state index is 0.0367. The molecule has 0 unspecified atom stereocenters. The summed E-state index contributed by atoms with van der Waals surface area (Å²) in [4.78, 5) is 31.2. The topological polar surface area (TPSA) is 91.0 Å². The normalized spacial score (nSPS) is 14.5. The first-order chi connectivity index (χ1) is 14.6. The first kappa shape index (κ1) is 19.8. The summed E-state index contributed by atoms with van der Waals surface area (Å²) in [5.74, 6) is -0.605. The Morgan fingerprint density at radius 1 is 1.10 bits per heavy atom. The molecule has 7 nitrogen and oxygen atoms in total. The Bertz CT molecular complexity index is 1010. The van der Waals surface area contributed by atoms with Gasteiger partial charge in [-0.1, -0.05) is 18.2 Å². The fourth-order valence-electron chi connectivity index (χ4n) is 3.53. The Labute approximate surface area is 173 Å². The van der Waals surface area contributed by atoms with Crippen molar-refractivity contribution in [2.75, 3.05) is 13.1 Å². The Morgan fingerprint density at radius 3 is 2.57 bits per heavy atom. The zero-order valence-corrected chi connectivity index (χ0v) is 16.3. The summed E-state index contributed by atoms with van der Waals surface area (Å²) < 4.78 is 13.0. The van der Waals surface area contributed by atoms with Crippen molar-refractivity contribution in [3.8, 4) is 11.4 Å². The third kappa shape index (κ3) is 4.53. The van der Waals surface area contributed by atoms with Gasteiger partial charge in [0.25, 0.3) is 5.91 Å². The van der Waals surface area contributed by atoms with Crippen LogP contribution in [0.3, 0.4) is 0 Å². The maximum Gasteiger partial charge on any atom is 0.271 e. The molecule has 1 aliphatic heterocycles. The van der Waals surface area contributed by atoms with E-state index in [-0.39, 0.29) is 23.5 Å². The van der Waals surface area contributed by atoms with E-state index in [1.54, 1.807) is 29.3 Å². The molecule has 3 aromatic rings. The predicted octanol–water partition coefficient (Wildman–Crippen LogP) is 2.78. The molecule has 0 atom stereocenters. The number of pyridine rings is 1. The molecule has 2 N–H and O–H groups in total. The number of halogens is 1. The Hall–Kier alpha value is -3.55. The number of rotatable bonds is 5. The van der Waals surface area contributed by atoms with Crippen molar-refractivity contribution < 1.29 is 14.0 Å². The van der Waals surface area contributed by atoms with Crippen molar-refractivity contribution in [3.63, 3.8) is 0 Å². The van der Waals surface area contributed by atoms with Gasteiger partial charge in [0.1, 0.15) is 17.2 Å². The summed E-state index contributed by atoms with van der Waals surface area (Å²) in [6.45, 7) is 1.37. The van der Waals surface area contributed by atoms with Crippen LogP contribution in [0.4, 0.5) is 4.39 Å². The molecule has 0 saturated carbocycles. The van der Waals surface area contributed by atoms with Crippen LogP contribution in [0.25, 0.3) is 11.4 Å². The van der Waals surface area contributed by atoms with Gasteiger partial charge < -0.3 is 10.2 Å². The molecule has 1 aromatic carbocycles. The molecule has 2 aromatic heterocycles. The van der Waals surface area contributed by atoms with Gasteiger partial charge in [0.2, 0.25) is 5.91 Å². The second kappa shape index (κ2) is 8.86. The van der Waals surface area contributed by atoms with Crippen LogP contribution in [0, 0.1) is 11.7 Å². The quantitative estimate of drug-likeness (QED) is 0.680. The summed E-state index contributed by atoms with van der Waals surface area (Å²) in [6.07, 6.45) is 2.88. The van der Waals surface area contributed by atoms with E-state index in [9.17, 15) is 14.0 Å². The molecular weight excluding hydrogens is 385 g/mol. The lowest BCUT2D eigenvalue weighted by molar-refractivity contribution is -0.126. The van der Waals surface area contributed by atoms with E-state index in [1.807, 2.05) is 18.2 Å². The molecule has 0 aliphatic carbocycles. The zero-order valence-electron chi connectivity index (χ0n) is 16.3. The molecule has 30 heavy (non-hydrogen) atoms. The lowest BCUT2D eigenvalue weighted by atomic mass is 9.95. The largest absolute Gasteiger partial charge is 0.352 e. The molecule has 1 aliphatic rings. The first-order valence-electron chi connectivity index (χ1n) is 9.88. The predicted molar refractivity (Wildman–Crippen MR) is 109 cm³/mol. The summed E-state index contributed by atoms with van der Waals surface area (Å²) in [5, 5.41) is 9.87. The number of likely N-dealkylation sites (tertiary alicyclic amines) is 1. The fraction of sp³-hybridized carbons (Fsp3) is 0.273. The maximum atomic E-state index is 13.0. The lowest BCUT2D eigenvalue weighted by Crippen LogP contribution is -2.43. The van der Waals surface area contributed by atoms with Crippen LogP contribution in [0.2, 0.25) is 0 Å². The van der Waals surface area contributed by atoms with Gasteiger partial charge in [0, 0.05) is 31.7 Å². The smallest absolute Gasteiger partial charge is 0.271 e. The van der Waals surface area contributed by atoms with Gasteiger partial charge in [0.05, 0.1) is 5.69 Å². The average molecular weight is 407 g/mol. The van der Waals surface area contributed by atoms with E-state index in [2.05, 4.69) is 20.5 Å². The highest BCUT2D eigenvalue weighted by atomic mass is 19.1. The van der Waals surface area contributed by atoms with Crippen molar-refractivity contribution in [2.45, 2.75) is 19.4 Å². The highest BCUT2D eigenvalue weighted by molar-refractivity contribution is 5.93. The van der Waals surface area contributed by atoms with Crippen LogP contribution in [-0.2, 0) is 11.3 Å². The second-order valence-electron chi connectivity index (χ2n) is 7.29. The zero-order chi connectivity index (χ0) is 20.9. The highest BCUT2D eigenvalue weighted by Crippen LogP contribution is 2.21. The number of amides is 2. The molecule has 1 saturated heterocycles. The van der Waals surface area contributed by atoms with Gasteiger partial charge in [-0.2, -0.15) is 5.10 Å². The summed E-state index contributed by atoms with van der Waals surface area (Å²) in [5.41, 5.74) is 2.58. The summed E-state index contributed by atoms with van der Waals surface area (Å²) in [7, 11) is 0. The third-order valence-corrected chi connectivity index (χ3v) is 5.27. The number of nitrogens with one attached hydrogen (secondary N) is 2. The molecule has 8 heteroatoms. The number of benzene rings is 1. The fourth-order valence-corrected chi connectivity index (χ4v) is 3.53. The highest BCUT2D eigenvalue weighted by Gasteiger charge is 2.28. The number of hydrogen-bond donors (Lipinski definition) is 2. The number of aromatic nitrogens is 3. The van der Waals surface area contributed by atoms with Crippen molar-refractivity contribution in [1.82, 2.24) is 25.4 Å². The average Bonchev–Trinajstić information content (AvgIpc) is 3.29. The molecule has 3 heterocycles. The number of piperidine rings is 1. The van der Waals surface area contributed by atoms with Gasteiger partial charge in [-0.25, -0.2) is 4.39 Å². The Kier molecular flexibility index (Phi) is 5.83. The minimum Gasteiger partial charge on any atom is -0.352 e. The maximum absolute atomic E-state index is 13.0. The van der Waals surface area contributed by atoms with E-state index in [0.717, 1.165) is 5.56 Å². The summed E-state index contributed by atoms with van der Waals surface area (Å²) >= 11 is 0. The lowest BCUT2D eigenvalue weighted by Gasteiger charge is -2.31. The van der Waals surface area contributed by atoms with E-state index in [4.69, 9.17) is 0 Å². The van der Waals surface area contributed by atoms with E-state index in [1.165, 1.54) is 12.1 Å².